The number of allylic oxidation sites excluding steroid dienone is 2. The van der Waals surface area contributed by atoms with Crippen LogP contribution in [-0.2, 0) is 9.59 Å². The highest BCUT2D eigenvalue weighted by molar-refractivity contribution is 6.22. The predicted octanol–water partition coefficient (Wildman–Crippen LogP) is 1.36. The highest BCUT2D eigenvalue weighted by Gasteiger charge is 2.59. The summed E-state index contributed by atoms with van der Waals surface area (Å²) in [6.45, 7) is 0. The van der Waals surface area contributed by atoms with Crippen molar-refractivity contribution >= 4 is 23.4 Å². The Balaban J connectivity index is 1.65. The van der Waals surface area contributed by atoms with Crippen molar-refractivity contribution in [1.29, 1.82) is 0 Å². The molecule has 1 aliphatic heterocycles. The number of benzene rings is 1. The van der Waals surface area contributed by atoms with Gasteiger partial charge in [-0.2, -0.15) is 0 Å². The molecular formula is C17H16N2O3. The monoisotopic (exact) mass is 296 g/mol. The number of fused-ring (bicyclic) bond motifs is 5. The molecule has 0 aromatic heterocycles. The van der Waals surface area contributed by atoms with Crippen LogP contribution in [0.4, 0.5) is 5.69 Å². The first-order chi connectivity index (χ1) is 10.6. The zero-order valence-corrected chi connectivity index (χ0v) is 12.2. The Labute approximate surface area is 128 Å². The minimum absolute atomic E-state index is 0.0976. The van der Waals surface area contributed by atoms with Crippen molar-refractivity contribution in [3.63, 3.8) is 0 Å². The second kappa shape index (κ2) is 4.53. The molecule has 2 fully saturated rings. The zero-order chi connectivity index (χ0) is 15.4. The van der Waals surface area contributed by atoms with Crippen LogP contribution in [0, 0.1) is 23.7 Å². The number of carbonyl (C=O) groups is 3. The number of nitrogens with zero attached hydrogens (tertiary/aromatic N) is 1. The van der Waals surface area contributed by atoms with Crippen LogP contribution < -0.4 is 10.2 Å². The van der Waals surface area contributed by atoms with Crippen molar-refractivity contribution < 1.29 is 14.4 Å². The maximum atomic E-state index is 12.7. The zero-order valence-electron chi connectivity index (χ0n) is 12.2. The van der Waals surface area contributed by atoms with Gasteiger partial charge in [-0.15, -0.1) is 0 Å². The topological polar surface area (TPSA) is 66.5 Å². The van der Waals surface area contributed by atoms with Crippen LogP contribution in [0.15, 0.2) is 36.4 Å². The first kappa shape index (κ1) is 13.2. The van der Waals surface area contributed by atoms with Crippen LogP contribution in [0.5, 0.6) is 0 Å². The van der Waals surface area contributed by atoms with E-state index in [-0.39, 0.29) is 41.4 Å². The minimum Gasteiger partial charge on any atom is -0.355 e. The average molecular weight is 296 g/mol. The highest BCUT2D eigenvalue weighted by atomic mass is 16.2. The van der Waals surface area contributed by atoms with Gasteiger partial charge in [-0.3, -0.25) is 19.3 Å². The predicted molar refractivity (Wildman–Crippen MR) is 80.0 cm³/mol. The molecule has 1 saturated heterocycles. The van der Waals surface area contributed by atoms with Gasteiger partial charge < -0.3 is 5.32 Å². The Hall–Kier alpha value is -2.43. The summed E-state index contributed by atoms with van der Waals surface area (Å²) in [5.41, 5.74) is 1.06. The number of hydrogen-bond acceptors (Lipinski definition) is 3. The van der Waals surface area contributed by atoms with E-state index in [0.717, 1.165) is 6.42 Å². The molecule has 1 aromatic carbocycles. The number of rotatable bonds is 2. The SMILES string of the molecule is CNC(=O)c1ccc(N2C(=O)[C@@H]3[C@H](C2=O)[C@H]2C=C[C@@H]3C2)cc1. The van der Waals surface area contributed by atoms with Gasteiger partial charge in [-0.05, 0) is 42.5 Å². The largest absolute Gasteiger partial charge is 0.355 e. The van der Waals surface area contributed by atoms with E-state index in [2.05, 4.69) is 17.5 Å². The molecule has 1 heterocycles. The molecule has 0 unspecified atom stereocenters. The molecule has 5 heteroatoms. The minimum atomic E-state index is -0.193. The molecule has 4 rings (SSSR count). The Kier molecular flexibility index (Phi) is 2.73. The first-order valence-electron chi connectivity index (χ1n) is 7.50. The fourth-order valence-electron chi connectivity index (χ4n) is 4.06. The van der Waals surface area contributed by atoms with E-state index < -0.39 is 0 Å². The number of amides is 3. The molecule has 3 amide bonds. The van der Waals surface area contributed by atoms with E-state index in [4.69, 9.17) is 0 Å². The molecule has 4 atom stereocenters. The van der Waals surface area contributed by atoms with E-state index in [1.54, 1.807) is 31.3 Å². The molecule has 1 aromatic rings. The molecule has 0 spiro atoms. The van der Waals surface area contributed by atoms with E-state index in [9.17, 15) is 14.4 Å². The summed E-state index contributed by atoms with van der Waals surface area (Å²) >= 11 is 0. The van der Waals surface area contributed by atoms with Crippen LogP contribution in [0.1, 0.15) is 16.8 Å². The van der Waals surface area contributed by atoms with Gasteiger partial charge >= 0.3 is 0 Å². The summed E-state index contributed by atoms with van der Waals surface area (Å²) in [5, 5.41) is 2.55. The lowest BCUT2D eigenvalue weighted by Gasteiger charge is -2.17. The van der Waals surface area contributed by atoms with Gasteiger partial charge in [-0.1, -0.05) is 12.2 Å². The summed E-state index contributed by atoms with van der Waals surface area (Å²) < 4.78 is 0. The molecule has 1 N–H and O–H groups in total. The number of imide groups is 1. The van der Waals surface area contributed by atoms with Crippen molar-refractivity contribution in [3.05, 3.63) is 42.0 Å². The summed E-state index contributed by atoms with van der Waals surface area (Å²) in [6, 6.07) is 6.60. The van der Waals surface area contributed by atoms with E-state index in [1.807, 2.05) is 0 Å². The maximum Gasteiger partial charge on any atom is 0.251 e. The Morgan fingerprint density at radius 2 is 1.59 bits per heavy atom. The molecule has 0 radical (unpaired) electrons. The van der Waals surface area contributed by atoms with Gasteiger partial charge in [0.15, 0.2) is 0 Å². The fraction of sp³-hybridized carbons (Fsp3) is 0.353. The third kappa shape index (κ3) is 1.62. The summed E-state index contributed by atoms with van der Waals surface area (Å²) in [7, 11) is 1.56. The lowest BCUT2D eigenvalue weighted by molar-refractivity contribution is -0.123. The van der Waals surface area contributed by atoms with Crippen LogP contribution in [0.3, 0.4) is 0 Å². The molecule has 2 aliphatic carbocycles. The Morgan fingerprint density at radius 3 is 2.09 bits per heavy atom. The van der Waals surface area contributed by atoms with Gasteiger partial charge in [0.1, 0.15) is 0 Å². The molecule has 2 bridgehead atoms. The third-order valence-electron chi connectivity index (χ3n) is 5.09. The summed E-state index contributed by atoms with van der Waals surface area (Å²) in [4.78, 5) is 38.2. The first-order valence-corrected chi connectivity index (χ1v) is 7.50. The van der Waals surface area contributed by atoms with Crippen LogP contribution >= 0.6 is 0 Å². The van der Waals surface area contributed by atoms with Gasteiger partial charge in [0.2, 0.25) is 11.8 Å². The molecule has 5 nitrogen and oxygen atoms in total. The number of hydrogen-bond donors (Lipinski definition) is 1. The number of carbonyl (C=O) groups excluding carboxylic acids is 3. The highest BCUT2D eigenvalue weighted by Crippen LogP contribution is 2.53. The number of anilines is 1. The Bertz CT molecular complexity index is 677. The van der Waals surface area contributed by atoms with Crippen molar-refractivity contribution in [1.82, 2.24) is 5.32 Å². The molecule has 22 heavy (non-hydrogen) atoms. The van der Waals surface area contributed by atoms with Gasteiger partial charge in [-0.25, -0.2) is 0 Å². The van der Waals surface area contributed by atoms with E-state index >= 15 is 0 Å². The maximum absolute atomic E-state index is 12.7. The van der Waals surface area contributed by atoms with Gasteiger partial charge in [0, 0.05) is 12.6 Å². The summed E-state index contributed by atoms with van der Waals surface area (Å²) in [6.07, 6.45) is 5.08. The lowest BCUT2D eigenvalue weighted by atomic mass is 9.85. The molecular weight excluding hydrogens is 280 g/mol. The summed E-state index contributed by atoms with van der Waals surface area (Å²) in [5.74, 6) is -0.353. The quantitative estimate of drug-likeness (QED) is 0.662. The third-order valence-corrected chi connectivity index (χ3v) is 5.09. The number of nitrogens with one attached hydrogen (secondary N) is 1. The molecule has 3 aliphatic rings. The van der Waals surface area contributed by atoms with Crippen LogP contribution in [0.25, 0.3) is 0 Å². The van der Waals surface area contributed by atoms with Gasteiger partial charge in [0.05, 0.1) is 17.5 Å². The van der Waals surface area contributed by atoms with E-state index in [1.165, 1.54) is 4.90 Å². The van der Waals surface area contributed by atoms with Crippen molar-refractivity contribution in [2.24, 2.45) is 23.7 Å². The lowest BCUT2D eigenvalue weighted by Crippen LogP contribution is -2.32. The Morgan fingerprint density at radius 1 is 1.05 bits per heavy atom. The second-order valence-electron chi connectivity index (χ2n) is 6.14. The van der Waals surface area contributed by atoms with Crippen molar-refractivity contribution in [2.45, 2.75) is 6.42 Å². The molecule has 1 saturated carbocycles. The molecule has 112 valence electrons. The normalized spacial score (nSPS) is 31.8. The average Bonchev–Trinajstić information content (AvgIpc) is 3.21. The van der Waals surface area contributed by atoms with Gasteiger partial charge in [0.25, 0.3) is 5.91 Å². The van der Waals surface area contributed by atoms with Crippen molar-refractivity contribution in [2.75, 3.05) is 11.9 Å². The standard InChI is InChI=1S/C17H16N2O3/c1-18-15(20)9-4-6-12(7-5-9)19-16(21)13-10-2-3-11(8-10)14(13)17(19)22/h2-7,10-11,13-14H,8H2,1H3,(H,18,20)/t10-,11+,13+,14-. The van der Waals surface area contributed by atoms with Crippen molar-refractivity contribution in [3.8, 4) is 0 Å². The second-order valence-corrected chi connectivity index (χ2v) is 6.14. The van der Waals surface area contributed by atoms with Crippen LogP contribution in [0.2, 0.25) is 0 Å². The van der Waals surface area contributed by atoms with Crippen LogP contribution in [-0.4, -0.2) is 24.8 Å². The fourth-order valence-corrected chi connectivity index (χ4v) is 4.06. The van der Waals surface area contributed by atoms with E-state index in [0.29, 0.717) is 11.3 Å². The smallest absolute Gasteiger partial charge is 0.251 e.